The molecule has 0 N–H and O–H groups in total. The molecule has 1 unspecified atom stereocenters. The quantitative estimate of drug-likeness (QED) is 0.582. The SMILES string of the molecule is CCOC(=O)C(Cc1cccc(N(C)C)c1)C(C)=O. The molecule has 0 heterocycles. The third-order valence-electron chi connectivity index (χ3n) is 2.93. The molecule has 0 fully saturated rings. The first-order valence-corrected chi connectivity index (χ1v) is 6.39. The van der Waals surface area contributed by atoms with Crippen LogP contribution in [0.3, 0.4) is 0 Å². The summed E-state index contributed by atoms with van der Waals surface area (Å²) in [5.74, 6) is -1.31. The molecule has 0 aliphatic heterocycles. The van der Waals surface area contributed by atoms with Gasteiger partial charge in [-0.3, -0.25) is 9.59 Å². The van der Waals surface area contributed by atoms with Crippen molar-refractivity contribution < 1.29 is 14.3 Å². The molecule has 4 heteroatoms. The van der Waals surface area contributed by atoms with E-state index in [1.807, 2.05) is 43.3 Å². The molecule has 0 aromatic heterocycles. The number of carbonyl (C=O) groups is 2. The van der Waals surface area contributed by atoms with Crippen LogP contribution in [0.4, 0.5) is 5.69 Å². The molecule has 0 bridgehead atoms. The van der Waals surface area contributed by atoms with Gasteiger partial charge in [0.05, 0.1) is 6.61 Å². The molecule has 1 atom stereocenters. The van der Waals surface area contributed by atoms with Crippen molar-refractivity contribution in [2.45, 2.75) is 20.3 Å². The lowest BCUT2D eigenvalue weighted by molar-refractivity contribution is -0.151. The number of carbonyl (C=O) groups excluding carboxylic acids is 2. The fourth-order valence-electron chi connectivity index (χ4n) is 1.83. The summed E-state index contributed by atoms with van der Waals surface area (Å²) in [6.07, 6.45) is 0.385. The van der Waals surface area contributed by atoms with Crippen LogP contribution >= 0.6 is 0 Å². The van der Waals surface area contributed by atoms with Crippen LogP contribution in [0.15, 0.2) is 24.3 Å². The van der Waals surface area contributed by atoms with Crippen LogP contribution in [0, 0.1) is 5.92 Å². The second-order valence-corrected chi connectivity index (χ2v) is 4.68. The van der Waals surface area contributed by atoms with E-state index in [9.17, 15) is 9.59 Å². The molecule has 1 rings (SSSR count). The van der Waals surface area contributed by atoms with E-state index >= 15 is 0 Å². The lowest BCUT2D eigenvalue weighted by Gasteiger charge is -2.16. The van der Waals surface area contributed by atoms with E-state index in [-0.39, 0.29) is 5.78 Å². The van der Waals surface area contributed by atoms with Gasteiger partial charge in [-0.2, -0.15) is 0 Å². The summed E-state index contributed by atoms with van der Waals surface area (Å²) in [6.45, 7) is 3.46. The molecule has 0 amide bonds. The summed E-state index contributed by atoms with van der Waals surface area (Å²) in [6, 6.07) is 7.81. The van der Waals surface area contributed by atoms with Gasteiger partial charge < -0.3 is 9.64 Å². The molecule has 104 valence electrons. The van der Waals surface area contributed by atoms with Gasteiger partial charge in [-0.25, -0.2) is 0 Å². The van der Waals surface area contributed by atoms with Crippen LogP contribution in [0.1, 0.15) is 19.4 Å². The van der Waals surface area contributed by atoms with Gasteiger partial charge in [0.1, 0.15) is 11.7 Å². The maximum atomic E-state index is 11.8. The molecule has 0 spiro atoms. The Labute approximate surface area is 114 Å². The minimum Gasteiger partial charge on any atom is -0.465 e. The van der Waals surface area contributed by atoms with Crippen molar-refractivity contribution in [3.05, 3.63) is 29.8 Å². The number of hydrogen-bond acceptors (Lipinski definition) is 4. The number of anilines is 1. The van der Waals surface area contributed by atoms with E-state index in [0.29, 0.717) is 13.0 Å². The van der Waals surface area contributed by atoms with Crippen molar-refractivity contribution in [3.63, 3.8) is 0 Å². The minimum atomic E-state index is -0.711. The maximum Gasteiger partial charge on any atom is 0.316 e. The molecule has 0 radical (unpaired) electrons. The number of esters is 1. The van der Waals surface area contributed by atoms with Crippen molar-refractivity contribution in [1.82, 2.24) is 0 Å². The fraction of sp³-hybridized carbons (Fsp3) is 0.467. The van der Waals surface area contributed by atoms with Gasteiger partial charge >= 0.3 is 5.97 Å². The van der Waals surface area contributed by atoms with Crippen LogP contribution in [-0.2, 0) is 20.7 Å². The number of ketones is 1. The first kappa shape index (κ1) is 15.2. The van der Waals surface area contributed by atoms with Crippen molar-refractivity contribution in [1.29, 1.82) is 0 Å². The molecule has 0 saturated carbocycles. The van der Waals surface area contributed by atoms with E-state index in [4.69, 9.17) is 4.74 Å². The molecule has 19 heavy (non-hydrogen) atoms. The zero-order valence-corrected chi connectivity index (χ0v) is 12.0. The van der Waals surface area contributed by atoms with E-state index in [0.717, 1.165) is 11.3 Å². The lowest BCUT2D eigenvalue weighted by atomic mass is 9.95. The van der Waals surface area contributed by atoms with Crippen molar-refractivity contribution in [3.8, 4) is 0 Å². The van der Waals surface area contributed by atoms with Crippen LogP contribution in [-0.4, -0.2) is 32.5 Å². The molecule has 0 aliphatic carbocycles. The third kappa shape index (κ3) is 4.39. The average Bonchev–Trinajstić information content (AvgIpc) is 2.36. The summed E-state index contributed by atoms with van der Waals surface area (Å²) in [5.41, 5.74) is 2.00. The van der Waals surface area contributed by atoms with Crippen LogP contribution in [0.5, 0.6) is 0 Å². The highest BCUT2D eigenvalue weighted by Gasteiger charge is 2.25. The van der Waals surface area contributed by atoms with Crippen molar-refractivity contribution in [2.75, 3.05) is 25.6 Å². The lowest BCUT2D eigenvalue weighted by Crippen LogP contribution is -2.26. The second-order valence-electron chi connectivity index (χ2n) is 4.68. The Morgan fingerprint density at radius 3 is 2.53 bits per heavy atom. The summed E-state index contributed by atoms with van der Waals surface area (Å²) in [5, 5.41) is 0. The number of nitrogens with zero attached hydrogens (tertiary/aromatic N) is 1. The first-order chi connectivity index (χ1) is 8.95. The standard InChI is InChI=1S/C15H21NO3/c1-5-19-15(18)14(11(2)17)10-12-7-6-8-13(9-12)16(3)4/h6-9,14H,5,10H2,1-4H3. The topological polar surface area (TPSA) is 46.6 Å². The Balaban J connectivity index is 2.88. The van der Waals surface area contributed by atoms with Crippen molar-refractivity contribution >= 4 is 17.4 Å². The Morgan fingerprint density at radius 2 is 2.00 bits per heavy atom. The van der Waals surface area contributed by atoms with Gasteiger partial charge in [0.25, 0.3) is 0 Å². The van der Waals surface area contributed by atoms with E-state index in [1.54, 1.807) is 6.92 Å². The zero-order chi connectivity index (χ0) is 14.4. The Bertz CT molecular complexity index is 454. The molecule has 0 saturated heterocycles. The number of Topliss-reactive ketones (excluding diaryl/α,β-unsaturated/α-hetero) is 1. The van der Waals surface area contributed by atoms with Gasteiger partial charge in [0, 0.05) is 19.8 Å². The predicted molar refractivity (Wildman–Crippen MR) is 75.3 cm³/mol. The Kier molecular flexibility index (Phi) is 5.55. The smallest absolute Gasteiger partial charge is 0.316 e. The Morgan fingerprint density at radius 1 is 1.32 bits per heavy atom. The molecule has 1 aromatic carbocycles. The van der Waals surface area contributed by atoms with Crippen LogP contribution in [0.2, 0.25) is 0 Å². The maximum absolute atomic E-state index is 11.8. The van der Waals surface area contributed by atoms with Crippen LogP contribution < -0.4 is 4.90 Å². The summed E-state index contributed by atoms with van der Waals surface area (Å²) in [4.78, 5) is 25.3. The first-order valence-electron chi connectivity index (χ1n) is 6.39. The second kappa shape index (κ2) is 6.92. The number of rotatable bonds is 6. The largest absolute Gasteiger partial charge is 0.465 e. The molecular weight excluding hydrogens is 242 g/mol. The van der Waals surface area contributed by atoms with E-state index in [2.05, 4.69) is 0 Å². The Hall–Kier alpha value is -1.84. The summed E-state index contributed by atoms with van der Waals surface area (Å²) < 4.78 is 4.95. The van der Waals surface area contributed by atoms with E-state index in [1.165, 1.54) is 6.92 Å². The summed E-state index contributed by atoms with van der Waals surface area (Å²) >= 11 is 0. The summed E-state index contributed by atoms with van der Waals surface area (Å²) in [7, 11) is 3.90. The highest BCUT2D eigenvalue weighted by atomic mass is 16.5. The van der Waals surface area contributed by atoms with Crippen molar-refractivity contribution in [2.24, 2.45) is 5.92 Å². The van der Waals surface area contributed by atoms with Gasteiger partial charge in [0.2, 0.25) is 0 Å². The predicted octanol–water partition coefficient (Wildman–Crippen LogP) is 2.06. The number of hydrogen-bond donors (Lipinski definition) is 0. The molecule has 1 aromatic rings. The van der Waals surface area contributed by atoms with Gasteiger partial charge in [-0.1, -0.05) is 12.1 Å². The number of benzene rings is 1. The normalized spacial score (nSPS) is 11.8. The monoisotopic (exact) mass is 263 g/mol. The average molecular weight is 263 g/mol. The van der Waals surface area contributed by atoms with E-state index < -0.39 is 11.9 Å². The highest BCUT2D eigenvalue weighted by Crippen LogP contribution is 2.18. The fourth-order valence-corrected chi connectivity index (χ4v) is 1.83. The van der Waals surface area contributed by atoms with Gasteiger partial charge in [-0.05, 0) is 38.0 Å². The minimum absolute atomic E-state index is 0.159. The number of ether oxygens (including phenoxy) is 1. The van der Waals surface area contributed by atoms with Gasteiger partial charge in [0.15, 0.2) is 0 Å². The molecule has 4 nitrogen and oxygen atoms in total. The zero-order valence-electron chi connectivity index (χ0n) is 12.0. The van der Waals surface area contributed by atoms with Crippen LogP contribution in [0.25, 0.3) is 0 Å². The third-order valence-corrected chi connectivity index (χ3v) is 2.93. The molecule has 0 aliphatic rings. The molecular formula is C15H21NO3. The van der Waals surface area contributed by atoms with Gasteiger partial charge in [-0.15, -0.1) is 0 Å². The highest BCUT2D eigenvalue weighted by molar-refractivity contribution is 5.98.